The van der Waals surface area contributed by atoms with E-state index in [2.05, 4.69) is 38.8 Å². The third-order valence-corrected chi connectivity index (χ3v) is 12.4. The first-order valence-corrected chi connectivity index (χ1v) is 16.0. The van der Waals surface area contributed by atoms with Crippen molar-refractivity contribution in [3.05, 3.63) is 53.3 Å². The molecule has 3 rings (SSSR count). The number of hydrogen-bond acceptors (Lipinski definition) is 7. The maximum atomic E-state index is 13.6. The van der Waals surface area contributed by atoms with Crippen LogP contribution in [-0.2, 0) is 10.8 Å². The molecule has 1 aliphatic heterocycles. The minimum Gasteiger partial charge on any atom is -0.507 e. The van der Waals surface area contributed by atoms with Crippen LogP contribution in [0, 0.1) is 0 Å². The lowest BCUT2D eigenvalue weighted by molar-refractivity contribution is 0.0645. The Morgan fingerprint density at radius 3 is 2.77 bits per heavy atom. The number of thioether (sulfide) groups is 1. The summed E-state index contributed by atoms with van der Waals surface area (Å²) in [5.74, 6) is 1.69. The van der Waals surface area contributed by atoms with Crippen LogP contribution in [0.3, 0.4) is 0 Å². The number of aromatic hydroxyl groups is 1. The highest BCUT2D eigenvalue weighted by Gasteiger charge is 2.37. The van der Waals surface area contributed by atoms with E-state index in [9.17, 15) is 14.7 Å². The summed E-state index contributed by atoms with van der Waals surface area (Å²) < 4.78 is 12.2. The van der Waals surface area contributed by atoms with Gasteiger partial charge in [-0.25, -0.2) is 0 Å². The van der Waals surface area contributed by atoms with Gasteiger partial charge in [-0.05, 0) is 42.4 Å². The minimum absolute atomic E-state index is 0.0687. The molecule has 1 aliphatic rings. The van der Waals surface area contributed by atoms with Crippen molar-refractivity contribution >= 4 is 32.3 Å². The lowest BCUT2D eigenvalue weighted by atomic mass is 10.1. The molecule has 1 saturated heterocycles. The maximum absolute atomic E-state index is 13.6. The number of phenolic OH excluding ortho intramolecular Hbond substituents is 1. The smallest absolute Gasteiger partial charge is 0.256 e. The van der Waals surface area contributed by atoms with Gasteiger partial charge in [0.2, 0.25) is 0 Å². The molecule has 0 aliphatic carbocycles. The molecule has 0 unspecified atom stereocenters. The van der Waals surface area contributed by atoms with Gasteiger partial charge in [-0.1, -0.05) is 26.8 Å². The molecule has 1 atom stereocenters. The van der Waals surface area contributed by atoms with Gasteiger partial charge in [0.15, 0.2) is 14.6 Å². The van der Waals surface area contributed by atoms with E-state index >= 15 is 0 Å². The van der Waals surface area contributed by atoms with Crippen LogP contribution >= 0.6 is 11.8 Å². The molecule has 0 spiro atoms. The number of phenols is 1. The molecule has 0 bridgehead atoms. The van der Waals surface area contributed by atoms with E-state index < -0.39 is 8.32 Å². The summed E-state index contributed by atoms with van der Waals surface area (Å²) in [5.41, 5.74) is 1.45. The molecule has 0 radical (unpaired) electrons. The van der Waals surface area contributed by atoms with Gasteiger partial charge in [-0.2, -0.15) is 11.8 Å². The van der Waals surface area contributed by atoms with Crippen molar-refractivity contribution in [2.45, 2.75) is 51.4 Å². The fraction of sp³-hybridized carbons (Fsp3) is 0.500. The molecule has 2 aromatic rings. The highest BCUT2D eigenvalue weighted by Crippen LogP contribution is 2.36. The number of ether oxygens (including phenoxy) is 1. The molecule has 190 valence electrons. The quantitative estimate of drug-likeness (QED) is 0.378. The van der Waals surface area contributed by atoms with Gasteiger partial charge < -0.3 is 19.2 Å². The Balaban J connectivity index is 1.71. The predicted octanol–water partition coefficient (Wildman–Crippen LogP) is 4.80. The van der Waals surface area contributed by atoms with Crippen LogP contribution in [-0.4, -0.2) is 72.8 Å². The molecule has 0 saturated carbocycles. The van der Waals surface area contributed by atoms with E-state index in [4.69, 9.17) is 9.16 Å². The van der Waals surface area contributed by atoms with E-state index in [1.54, 1.807) is 36.2 Å². The lowest BCUT2D eigenvalue weighted by Gasteiger charge is -2.36. The highest BCUT2D eigenvalue weighted by molar-refractivity contribution is 7.99. The van der Waals surface area contributed by atoms with Crippen LogP contribution in [0.2, 0.25) is 18.1 Å². The second-order valence-corrected chi connectivity index (χ2v) is 16.2. The predicted molar refractivity (Wildman–Crippen MR) is 142 cm³/mol. The Kier molecular flexibility index (Phi) is 9.01. The Morgan fingerprint density at radius 2 is 2.06 bits per heavy atom. The second kappa shape index (κ2) is 11.6. The summed E-state index contributed by atoms with van der Waals surface area (Å²) in [5, 5.41) is 10.0. The molecule has 7 nitrogen and oxygen atoms in total. The number of carbonyl (C=O) groups is 2. The number of aromatic nitrogens is 1. The molecule has 1 fully saturated rings. The Bertz CT molecular complexity index is 1040. The van der Waals surface area contributed by atoms with Gasteiger partial charge in [0.25, 0.3) is 5.91 Å². The number of pyridine rings is 1. The van der Waals surface area contributed by atoms with Gasteiger partial charge in [-0.15, -0.1) is 0 Å². The van der Waals surface area contributed by atoms with E-state index in [0.717, 1.165) is 17.2 Å². The average molecular weight is 517 g/mol. The van der Waals surface area contributed by atoms with Gasteiger partial charge in [0.05, 0.1) is 22.9 Å². The molecular weight excluding hydrogens is 480 g/mol. The molecule has 1 aromatic heterocycles. The van der Waals surface area contributed by atoms with E-state index in [1.807, 2.05) is 11.0 Å². The Labute approximate surface area is 213 Å². The summed E-state index contributed by atoms with van der Waals surface area (Å²) in [6.07, 6.45) is 2.87. The van der Waals surface area contributed by atoms with Crippen LogP contribution < -0.4 is 4.74 Å². The van der Waals surface area contributed by atoms with Crippen molar-refractivity contribution in [2.75, 3.05) is 31.3 Å². The number of carbonyl (C=O) groups excluding carboxylic acids is 2. The van der Waals surface area contributed by atoms with Crippen molar-refractivity contribution in [1.29, 1.82) is 0 Å². The molecule has 2 heterocycles. The topological polar surface area (TPSA) is 89.0 Å². The zero-order valence-electron chi connectivity index (χ0n) is 21.2. The first kappa shape index (κ1) is 27.2. The van der Waals surface area contributed by atoms with Gasteiger partial charge in [0, 0.05) is 37.3 Å². The van der Waals surface area contributed by atoms with Gasteiger partial charge >= 0.3 is 0 Å². The van der Waals surface area contributed by atoms with Crippen LogP contribution in [0.5, 0.6) is 11.5 Å². The summed E-state index contributed by atoms with van der Waals surface area (Å²) in [6, 6.07) is 8.17. The van der Waals surface area contributed by atoms with Crippen molar-refractivity contribution in [2.24, 2.45) is 0 Å². The first-order valence-electron chi connectivity index (χ1n) is 11.9. The average Bonchev–Trinajstić information content (AvgIpc) is 2.82. The third kappa shape index (κ3) is 6.65. The number of aldehydes is 1. The first-order chi connectivity index (χ1) is 16.5. The Morgan fingerprint density at radius 1 is 1.29 bits per heavy atom. The maximum Gasteiger partial charge on any atom is 0.256 e. The zero-order valence-corrected chi connectivity index (χ0v) is 23.1. The summed E-state index contributed by atoms with van der Waals surface area (Å²) in [6.45, 7) is 12.4. The monoisotopic (exact) mass is 516 g/mol. The zero-order chi connectivity index (χ0) is 25.6. The minimum atomic E-state index is -1.89. The lowest BCUT2D eigenvalue weighted by Crippen LogP contribution is -2.49. The van der Waals surface area contributed by atoms with Gasteiger partial charge in [-0.3, -0.25) is 14.6 Å². The number of hydrogen-bond donors (Lipinski definition) is 1. The van der Waals surface area contributed by atoms with Crippen LogP contribution in [0.15, 0.2) is 36.5 Å². The Hall–Kier alpha value is -2.36. The number of amides is 1. The number of rotatable bonds is 9. The van der Waals surface area contributed by atoms with E-state index in [-0.39, 0.29) is 34.9 Å². The van der Waals surface area contributed by atoms with Crippen LogP contribution in [0.25, 0.3) is 0 Å². The van der Waals surface area contributed by atoms with E-state index in [1.165, 1.54) is 6.07 Å². The van der Waals surface area contributed by atoms with Crippen molar-refractivity contribution in [3.8, 4) is 11.5 Å². The molecule has 35 heavy (non-hydrogen) atoms. The van der Waals surface area contributed by atoms with Gasteiger partial charge in [0.1, 0.15) is 18.1 Å². The van der Waals surface area contributed by atoms with Crippen LogP contribution in [0.4, 0.5) is 0 Å². The summed E-state index contributed by atoms with van der Waals surface area (Å²) >= 11 is 1.77. The van der Waals surface area contributed by atoms with Crippen molar-refractivity contribution in [1.82, 2.24) is 9.88 Å². The standard InChI is InChI=1S/C26H36N2O5SSi/c1-26(2,3)35(4,5)33-14-11-22-20(8-7-12-27-22)25(31)28-13-15-34-18-19(28)17-32-24-10-6-9-23(30)21(24)16-29/h6-10,12,16,19,30H,11,13-15,17-18H2,1-5H3/t19-/m0/s1. The second-order valence-electron chi connectivity index (χ2n) is 10.2. The van der Waals surface area contributed by atoms with E-state index in [0.29, 0.717) is 37.2 Å². The largest absolute Gasteiger partial charge is 0.507 e. The van der Waals surface area contributed by atoms with Crippen molar-refractivity contribution in [3.63, 3.8) is 0 Å². The molecular formula is C26H36N2O5SSi. The fourth-order valence-corrected chi connectivity index (χ4v) is 5.72. The number of benzene rings is 1. The fourth-order valence-electron chi connectivity index (χ4n) is 3.63. The summed E-state index contributed by atoms with van der Waals surface area (Å²) in [7, 11) is -1.89. The van der Waals surface area contributed by atoms with Crippen molar-refractivity contribution < 1.29 is 23.9 Å². The molecule has 1 aromatic carbocycles. The normalized spacial score (nSPS) is 16.7. The van der Waals surface area contributed by atoms with Crippen LogP contribution in [0.1, 0.15) is 47.2 Å². The SMILES string of the molecule is CC(C)(C)[Si](C)(C)OCCc1ncccc1C(=O)N1CCSC[C@@H]1COc1cccc(O)c1C=O. The third-order valence-electron chi connectivity index (χ3n) is 6.81. The number of nitrogens with zero attached hydrogens (tertiary/aromatic N) is 2. The molecule has 1 amide bonds. The molecule has 9 heteroatoms. The molecule has 1 N–H and O–H groups in total. The highest BCUT2D eigenvalue weighted by atomic mass is 32.2. The summed E-state index contributed by atoms with van der Waals surface area (Å²) in [4.78, 5) is 31.4.